The monoisotopic (exact) mass is 406 g/mol. The molecule has 0 spiro atoms. The van der Waals surface area contributed by atoms with Crippen molar-refractivity contribution < 1.29 is 23.4 Å². The number of carbonyl (C=O) groups is 1. The summed E-state index contributed by atoms with van der Waals surface area (Å²) in [6.45, 7) is 2.03. The molecule has 4 rings (SSSR count). The van der Waals surface area contributed by atoms with Crippen LogP contribution in [0.4, 0.5) is 4.39 Å². The van der Waals surface area contributed by atoms with Crippen LogP contribution in [0.1, 0.15) is 41.9 Å². The van der Waals surface area contributed by atoms with Crippen molar-refractivity contribution in [1.82, 2.24) is 0 Å². The van der Waals surface area contributed by atoms with E-state index in [0.717, 1.165) is 11.1 Å². The normalized spacial score (nSPS) is 15.2. The molecule has 1 aliphatic heterocycles. The van der Waals surface area contributed by atoms with E-state index in [9.17, 15) is 9.18 Å². The van der Waals surface area contributed by atoms with Gasteiger partial charge in [-0.05, 0) is 43.2 Å². The number of aryl methyl sites for hydroxylation is 1. The maximum Gasteiger partial charge on any atom is 0.227 e. The van der Waals surface area contributed by atoms with E-state index in [1.54, 1.807) is 6.92 Å². The molecule has 0 saturated carbocycles. The lowest BCUT2D eigenvalue weighted by Gasteiger charge is -2.28. The first-order chi connectivity index (χ1) is 14.6. The molecule has 0 amide bonds. The number of fused-ring (bicyclic) bond motifs is 1. The summed E-state index contributed by atoms with van der Waals surface area (Å²) in [7, 11) is 0. The zero-order valence-electron chi connectivity index (χ0n) is 16.8. The molecular weight excluding hydrogens is 383 g/mol. The minimum atomic E-state index is -0.538. The Morgan fingerprint density at radius 1 is 1.10 bits per heavy atom. The molecule has 0 bridgehead atoms. The minimum absolute atomic E-state index is 0.170. The van der Waals surface area contributed by atoms with Crippen LogP contribution in [0.5, 0.6) is 11.5 Å². The fourth-order valence-electron chi connectivity index (χ4n) is 3.39. The average molecular weight is 406 g/mol. The fraction of sp³-hybridized carbons (Fsp3) is 0.240. The van der Waals surface area contributed by atoms with E-state index in [-0.39, 0.29) is 24.8 Å². The smallest absolute Gasteiger partial charge is 0.227 e. The zero-order chi connectivity index (χ0) is 20.9. The van der Waals surface area contributed by atoms with Crippen molar-refractivity contribution in [3.05, 3.63) is 94.8 Å². The van der Waals surface area contributed by atoms with Gasteiger partial charge in [0.25, 0.3) is 0 Å². The topological polar surface area (TPSA) is 44.8 Å². The molecule has 30 heavy (non-hydrogen) atoms. The van der Waals surface area contributed by atoms with Gasteiger partial charge in [0.1, 0.15) is 29.7 Å². The van der Waals surface area contributed by atoms with E-state index < -0.39 is 6.29 Å². The van der Waals surface area contributed by atoms with Crippen molar-refractivity contribution in [3.8, 4) is 11.5 Å². The summed E-state index contributed by atoms with van der Waals surface area (Å²) in [6.07, 6.45) is 0.697. The van der Waals surface area contributed by atoms with Gasteiger partial charge < -0.3 is 19.0 Å². The van der Waals surface area contributed by atoms with E-state index in [1.807, 2.05) is 54.6 Å². The van der Waals surface area contributed by atoms with Crippen LogP contribution in [0.25, 0.3) is 0 Å². The van der Waals surface area contributed by atoms with E-state index in [1.165, 1.54) is 12.1 Å². The van der Waals surface area contributed by atoms with Crippen LogP contribution >= 0.6 is 0 Å². The summed E-state index contributed by atoms with van der Waals surface area (Å²) in [5.74, 6) is 1.10. The summed E-state index contributed by atoms with van der Waals surface area (Å²) >= 11 is 0. The van der Waals surface area contributed by atoms with Crippen LogP contribution in [-0.4, -0.2) is 5.78 Å². The van der Waals surface area contributed by atoms with Gasteiger partial charge in [-0.3, -0.25) is 0 Å². The maximum atomic E-state index is 14.1. The van der Waals surface area contributed by atoms with Crippen molar-refractivity contribution in [2.24, 2.45) is 0 Å². The highest BCUT2D eigenvalue weighted by Crippen LogP contribution is 2.37. The Morgan fingerprint density at radius 2 is 1.87 bits per heavy atom. The molecule has 3 aromatic carbocycles. The summed E-state index contributed by atoms with van der Waals surface area (Å²) < 4.78 is 31.8. The number of Topliss-reactive ketones (excluding diaryl/α,β-unsaturated/α-hetero) is 1. The third-order valence-corrected chi connectivity index (χ3v) is 4.98. The molecule has 3 aromatic rings. The molecule has 1 aliphatic rings. The number of hydrogen-bond donors (Lipinski definition) is 0. The number of ketones is 1. The second-order valence-electron chi connectivity index (χ2n) is 7.36. The van der Waals surface area contributed by atoms with Gasteiger partial charge in [0, 0.05) is 23.1 Å². The van der Waals surface area contributed by atoms with Crippen molar-refractivity contribution in [3.63, 3.8) is 0 Å². The Kier molecular flexibility index (Phi) is 6.10. The number of hydrogen-bond acceptors (Lipinski definition) is 4. The minimum Gasteiger partial charge on any atom is -0.489 e. The van der Waals surface area contributed by atoms with Gasteiger partial charge in [-0.1, -0.05) is 42.5 Å². The highest BCUT2D eigenvalue weighted by Gasteiger charge is 2.25. The molecular formula is C25H23FO4. The van der Waals surface area contributed by atoms with Gasteiger partial charge in [0.15, 0.2) is 0 Å². The molecule has 0 aliphatic carbocycles. The Balaban J connectivity index is 1.47. The van der Waals surface area contributed by atoms with Crippen LogP contribution in [-0.2, 0) is 29.2 Å². The van der Waals surface area contributed by atoms with Crippen molar-refractivity contribution in [2.45, 2.75) is 39.3 Å². The average Bonchev–Trinajstić information content (AvgIpc) is 2.77. The van der Waals surface area contributed by atoms with Gasteiger partial charge in [-0.15, -0.1) is 0 Å². The maximum absolute atomic E-state index is 14.1. The number of halogens is 1. The lowest BCUT2D eigenvalue weighted by Crippen LogP contribution is -2.19. The van der Waals surface area contributed by atoms with Crippen molar-refractivity contribution >= 4 is 5.78 Å². The van der Waals surface area contributed by atoms with Gasteiger partial charge in [0.05, 0.1) is 6.61 Å². The number of ether oxygens (including phenoxy) is 3. The van der Waals surface area contributed by atoms with Gasteiger partial charge in [-0.25, -0.2) is 4.39 Å². The lowest BCUT2D eigenvalue weighted by molar-refractivity contribution is -0.117. The van der Waals surface area contributed by atoms with Crippen LogP contribution in [0.3, 0.4) is 0 Å². The molecule has 5 heteroatoms. The second-order valence-corrected chi connectivity index (χ2v) is 7.36. The van der Waals surface area contributed by atoms with Gasteiger partial charge in [0.2, 0.25) is 6.29 Å². The molecule has 0 unspecified atom stereocenters. The zero-order valence-corrected chi connectivity index (χ0v) is 16.8. The highest BCUT2D eigenvalue weighted by molar-refractivity contribution is 5.75. The van der Waals surface area contributed by atoms with Crippen LogP contribution in [0.15, 0.2) is 66.7 Å². The Hall–Kier alpha value is -3.18. The third kappa shape index (κ3) is 4.86. The molecule has 0 aromatic heterocycles. The molecule has 4 nitrogen and oxygen atoms in total. The van der Waals surface area contributed by atoms with Crippen molar-refractivity contribution in [2.75, 3.05) is 0 Å². The molecule has 0 N–H and O–H groups in total. The summed E-state index contributed by atoms with van der Waals surface area (Å²) in [5.41, 5.74) is 3.28. The molecule has 0 saturated heterocycles. The van der Waals surface area contributed by atoms with Gasteiger partial charge in [-0.2, -0.15) is 0 Å². The lowest BCUT2D eigenvalue weighted by atomic mass is 10.1. The molecule has 0 fully saturated rings. The Morgan fingerprint density at radius 3 is 2.60 bits per heavy atom. The third-order valence-electron chi connectivity index (χ3n) is 4.98. The summed E-state index contributed by atoms with van der Waals surface area (Å²) in [6, 6.07) is 20.1. The summed E-state index contributed by atoms with van der Waals surface area (Å²) in [5, 5.41) is 0. The number of carbonyl (C=O) groups excluding carboxylic acids is 1. The standard InChI is InChI=1S/C25H23FO4/c1-17(27)7-8-18-9-11-23(12-10-18)28-15-20-13-22(26)14-21-16-29-25(30-24(20)21)19-5-3-2-4-6-19/h2-6,9-14,25H,7-8,15-16H2,1H3/t25-/m1/s1. The predicted octanol–water partition coefficient (Wildman–Crippen LogP) is 5.53. The molecule has 1 heterocycles. The van der Waals surface area contributed by atoms with E-state index in [4.69, 9.17) is 14.2 Å². The van der Waals surface area contributed by atoms with E-state index in [2.05, 4.69) is 0 Å². The molecule has 1 atom stereocenters. The number of rotatable bonds is 7. The molecule has 0 radical (unpaired) electrons. The first-order valence-electron chi connectivity index (χ1n) is 9.94. The molecule has 154 valence electrons. The van der Waals surface area contributed by atoms with Crippen LogP contribution in [0.2, 0.25) is 0 Å². The predicted molar refractivity (Wildman–Crippen MR) is 111 cm³/mol. The van der Waals surface area contributed by atoms with Crippen molar-refractivity contribution in [1.29, 1.82) is 0 Å². The Bertz CT molecular complexity index is 1020. The SMILES string of the molecule is CC(=O)CCc1ccc(OCc2cc(F)cc3c2O[C@H](c2ccccc2)OC3)cc1. The summed E-state index contributed by atoms with van der Waals surface area (Å²) in [4.78, 5) is 11.1. The highest BCUT2D eigenvalue weighted by atomic mass is 19.1. The van der Waals surface area contributed by atoms with Crippen LogP contribution in [0, 0.1) is 5.82 Å². The van der Waals surface area contributed by atoms with Gasteiger partial charge >= 0.3 is 0 Å². The fourth-order valence-corrected chi connectivity index (χ4v) is 3.39. The Labute approximate surface area is 175 Å². The number of benzene rings is 3. The van der Waals surface area contributed by atoms with E-state index >= 15 is 0 Å². The largest absolute Gasteiger partial charge is 0.489 e. The van der Waals surface area contributed by atoms with Crippen LogP contribution < -0.4 is 9.47 Å². The van der Waals surface area contributed by atoms with E-state index in [0.29, 0.717) is 35.5 Å². The quantitative estimate of drug-likeness (QED) is 0.517. The first-order valence-corrected chi connectivity index (χ1v) is 9.94. The second kappa shape index (κ2) is 9.09. The first kappa shape index (κ1) is 20.1.